The molecule has 0 atom stereocenters. The summed E-state index contributed by atoms with van der Waals surface area (Å²) in [6.45, 7) is 1.91. The number of fused-ring (bicyclic) bond motifs is 1. The molecule has 0 aliphatic rings. The van der Waals surface area contributed by atoms with Gasteiger partial charge in [0.2, 0.25) is 0 Å². The van der Waals surface area contributed by atoms with Crippen molar-refractivity contribution < 1.29 is 4.92 Å². The number of aryl methyl sites for hydroxylation is 1. The quantitative estimate of drug-likeness (QED) is 0.579. The standard InChI is InChI=1S/C13H9N3O3S/c1-7-6-10-12(17)14-11(15-13(10)20-7)8-2-4-9(5-3-8)16(18)19/h2-6H,1H3,(H,14,15,17). The van der Waals surface area contributed by atoms with Gasteiger partial charge in [-0.15, -0.1) is 11.3 Å². The molecule has 1 N–H and O–H groups in total. The molecule has 0 aliphatic heterocycles. The van der Waals surface area contributed by atoms with Crippen molar-refractivity contribution in [1.82, 2.24) is 9.97 Å². The average molecular weight is 287 g/mol. The predicted octanol–water partition coefficient (Wildman–Crippen LogP) is 2.87. The van der Waals surface area contributed by atoms with E-state index < -0.39 is 4.92 Å². The van der Waals surface area contributed by atoms with E-state index in [0.29, 0.717) is 21.6 Å². The average Bonchev–Trinajstić information content (AvgIpc) is 2.80. The van der Waals surface area contributed by atoms with Crippen LogP contribution in [0.3, 0.4) is 0 Å². The van der Waals surface area contributed by atoms with Gasteiger partial charge < -0.3 is 4.98 Å². The molecule has 2 aromatic heterocycles. The number of nitro benzene ring substituents is 1. The molecule has 1 aromatic carbocycles. The van der Waals surface area contributed by atoms with E-state index in [0.717, 1.165) is 4.88 Å². The SMILES string of the molecule is Cc1cc2c(=O)[nH]c(-c3ccc([N+](=O)[O-])cc3)nc2s1. The zero-order chi connectivity index (χ0) is 14.3. The van der Waals surface area contributed by atoms with Gasteiger partial charge >= 0.3 is 0 Å². The van der Waals surface area contributed by atoms with Gasteiger partial charge in [-0.2, -0.15) is 0 Å². The van der Waals surface area contributed by atoms with Gasteiger partial charge in [-0.05, 0) is 25.1 Å². The van der Waals surface area contributed by atoms with Crippen LogP contribution in [-0.4, -0.2) is 14.9 Å². The summed E-state index contributed by atoms with van der Waals surface area (Å²) in [5.74, 6) is 0.416. The third-order valence-corrected chi connectivity index (χ3v) is 3.82. The Bertz CT molecular complexity index is 865. The van der Waals surface area contributed by atoms with E-state index in [1.54, 1.807) is 18.2 Å². The Hall–Kier alpha value is -2.54. The Balaban J connectivity index is 2.14. The molecule has 100 valence electrons. The fourth-order valence-corrected chi connectivity index (χ4v) is 2.81. The summed E-state index contributed by atoms with van der Waals surface area (Å²) in [5.41, 5.74) is 0.442. The summed E-state index contributed by atoms with van der Waals surface area (Å²) in [6, 6.07) is 7.72. The van der Waals surface area contributed by atoms with Crippen molar-refractivity contribution in [1.29, 1.82) is 0 Å². The molecule has 2 heterocycles. The molecule has 3 aromatic rings. The van der Waals surface area contributed by atoms with Gasteiger partial charge in [0.15, 0.2) is 0 Å². The summed E-state index contributed by atoms with van der Waals surface area (Å²) in [6.07, 6.45) is 0. The fourth-order valence-electron chi connectivity index (χ4n) is 1.93. The number of non-ortho nitro benzene ring substituents is 1. The Morgan fingerprint density at radius 3 is 2.65 bits per heavy atom. The second-order valence-corrected chi connectivity index (χ2v) is 5.53. The number of H-pyrrole nitrogens is 1. The first-order chi connectivity index (χ1) is 9.54. The van der Waals surface area contributed by atoms with E-state index in [1.165, 1.54) is 23.5 Å². The third-order valence-electron chi connectivity index (χ3n) is 2.88. The number of nitrogens with zero attached hydrogens (tertiary/aromatic N) is 2. The molecule has 6 nitrogen and oxygen atoms in total. The molecule has 0 spiro atoms. The van der Waals surface area contributed by atoms with Crippen LogP contribution >= 0.6 is 11.3 Å². The first-order valence-corrected chi connectivity index (χ1v) is 6.61. The Kier molecular flexibility index (Phi) is 2.83. The lowest BCUT2D eigenvalue weighted by atomic mass is 10.2. The molecule has 3 rings (SSSR count). The van der Waals surface area contributed by atoms with E-state index in [-0.39, 0.29) is 11.2 Å². The van der Waals surface area contributed by atoms with Crippen LogP contribution in [0.1, 0.15) is 4.88 Å². The van der Waals surface area contributed by atoms with Crippen molar-refractivity contribution >= 4 is 27.2 Å². The van der Waals surface area contributed by atoms with Gasteiger partial charge in [-0.1, -0.05) is 0 Å². The fraction of sp³-hybridized carbons (Fsp3) is 0.0769. The minimum Gasteiger partial charge on any atom is -0.306 e. The molecule has 20 heavy (non-hydrogen) atoms. The van der Waals surface area contributed by atoms with Crippen molar-refractivity contribution in [3.63, 3.8) is 0 Å². The largest absolute Gasteiger partial charge is 0.306 e. The van der Waals surface area contributed by atoms with E-state index >= 15 is 0 Å². The van der Waals surface area contributed by atoms with Gasteiger partial charge in [-0.25, -0.2) is 4.98 Å². The number of aromatic nitrogens is 2. The van der Waals surface area contributed by atoms with Crippen LogP contribution < -0.4 is 5.56 Å². The first kappa shape index (κ1) is 12.5. The van der Waals surface area contributed by atoms with Gasteiger partial charge in [-0.3, -0.25) is 14.9 Å². The molecule has 0 saturated carbocycles. The Morgan fingerprint density at radius 2 is 2.00 bits per heavy atom. The Morgan fingerprint density at radius 1 is 1.30 bits per heavy atom. The second kappa shape index (κ2) is 4.53. The van der Waals surface area contributed by atoms with Crippen LogP contribution in [0.2, 0.25) is 0 Å². The zero-order valence-corrected chi connectivity index (χ0v) is 11.2. The van der Waals surface area contributed by atoms with Crippen LogP contribution in [0.4, 0.5) is 5.69 Å². The van der Waals surface area contributed by atoms with E-state index in [9.17, 15) is 14.9 Å². The van der Waals surface area contributed by atoms with Crippen LogP contribution in [0, 0.1) is 17.0 Å². The highest BCUT2D eigenvalue weighted by Gasteiger charge is 2.10. The number of hydrogen-bond donors (Lipinski definition) is 1. The number of nitro groups is 1. The molecule has 0 amide bonds. The predicted molar refractivity (Wildman–Crippen MR) is 77.1 cm³/mol. The van der Waals surface area contributed by atoms with Gasteiger partial charge in [0, 0.05) is 22.6 Å². The number of rotatable bonds is 2. The summed E-state index contributed by atoms with van der Waals surface area (Å²) >= 11 is 1.44. The van der Waals surface area contributed by atoms with Gasteiger partial charge in [0.25, 0.3) is 11.2 Å². The summed E-state index contributed by atoms with van der Waals surface area (Å²) in [4.78, 5) is 30.9. The lowest BCUT2D eigenvalue weighted by Crippen LogP contribution is -2.07. The molecule has 0 saturated heterocycles. The smallest absolute Gasteiger partial charge is 0.269 e. The summed E-state index contributed by atoms with van der Waals surface area (Å²) in [5, 5.41) is 11.2. The topological polar surface area (TPSA) is 88.9 Å². The van der Waals surface area contributed by atoms with Crippen molar-refractivity contribution in [3.05, 3.63) is 55.7 Å². The summed E-state index contributed by atoms with van der Waals surface area (Å²) in [7, 11) is 0. The molecule has 0 bridgehead atoms. The number of nitrogens with one attached hydrogen (secondary N) is 1. The lowest BCUT2D eigenvalue weighted by molar-refractivity contribution is -0.384. The van der Waals surface area contributed by atoms with E-state index in [4.69, 9.17) is 0 Å². The van der Waals surface area contributed by atoms with Crippen molar-refractivity contribution in [3.8, 4) is 11.4 Å². The monoisotopic (exact) mass is 287 g/mol. The Labute approximate surface area is 116 Å². The van der Waals surface area contributed by atoms with Crippen molar-refractivity contribution in [2.45, 2.75) is 6.92 Å². The number of benzene rings is 1. The molecule has 7 heteroatoms. The first-order valence-electron chi connectivity index (χ1n) is 5.80. The van der Waals surface area contributed by atoms with E-state index in [2.05, 4.69) is 9.97 Å². The molecule has 0 radical (unpaired) electrons. The van der Waals surface area contributed by atoms with E-state index in [1.807, 2.05) is 6.92 Å². The molecule has 0 unspecified atom stereocenters. The maximum Gasteiger partial charge on any atom is 0.269 e. The highest BCUT2D eigenvalue weighted by atomic mass is 32.1. The van der Waals surface area contributed by atoms with Gasteiger partial charge in [0.05, 0.1) is 10.3 Å². The van der Waals surface area contributed by atoms with Gasteiger partial charge in [0.1, 0.15) is 10.7 Å². The van der Waals surface area contributed by atoms with Crippen LogP contribution in [-0.2, 0) is 0 Å². The maximum absolute atomic E-state index is 12.0. The van der Waals surface area contributed by atoms with Crippen molar-refractivity contribution in [2.24, 2.45) is 0 Å². The zero-order valence-electron chi connectivity index (χ0n) is 10.4. The van der Waals surface area contributed by atoms with Crippen LogP contribution in [0.25, 0.3) is 21.6 Å². The third kappa shape index (κ3) is 2.08. The lowest BCUT2D eigenvalue weighted by Gasteiger charge is -2.00. The molecular weight excluding hydrogens is 278 g/mol. The molecule has 0 aliphatic carbocycles. The normalized spacial score (nSPS) is 10.8. The number of aromatic amines is 1. The maximum atomic E-state index is 12.0. The van der Waals surface area contributed by atoms with Crippen molar-refractivity contribution in [2.75, 3.05) is 0 Å². The van der Waals surface area contributed by atoms with Crippen LogP contribution in [0.15, 0.2) is 35.1 Å². The second-order valence-electron chi connectivity index (χ2n) is 4.29. The van der Waals surface area contributed by atoms with Crippen LogP contribution in [0.5, 0.6) is 0 Å². The summed E-state index contributed by atoms with van der Waals surface area (Å²) < 4.78 is 0. The highest BCUT2D eigenvalue weighted by Crippen LogP contribution is 2.24. The highest BCUT2D eigenvalue weighted by molar-refractivity contribution is 7.18. The molecule has 0 fully saturated rings. The number of hydrogen-bond acceptors (Lipinski definition) is 5. The minimum atomic E-state index is -0.466. The molecular formula is C13H9N3O3S. The number of thiophene rings is 1. The minimum absolute atomic E-state index is 0.00384.